The summed E-state index contributed by atoms with van der Waals surface area (Å²) in [5, 5.41) is 13.9. The quantitative estimate of drug-likeness (QED) is 0.528. The second kappa shape index (κ2) is 9.21. The van der Waals surface area contributed by atoms with Crippen molar-refractivity contribution in [2.45, 2.75) is 6.10 Å². The van der Waals surface area contributed by atoms with E-state index in [-0.39, 0.29) is 0 Å². The zero-order valence-electron chi connectivity index (χ0n) is 14.5. The summed E-state index contributed by atoms with van der Waals surface area (Å²) in [6, 6.07) is 10.2. The van der Waals surface area contributed by atoms with Gasteiger partial charge in [-0.1, -0.05) is 28.1 Å². The summed E-state index contributed by atoms with van der Waals surface area (Å²) >= 11 is 3.30. The number of ether oxygens (including phenoxy) is 3. The van der Waals surface area contributed by atoms with Gasteiger partial charge in [-0.25, -0.2) is 5.43 Å². The minimum atomic E-state index is -1.33. The standard InChI is InChI=1S/C18H19BrN2O5/c1-24-14-9-6-12(16(25-2)17(14)26-3)10-20-21-18(23)15(22)11-4-7-13(19)8-5-11/h4-10,15,22H,1-3H3,(H,21,23)/b20-10+. The molecule has 0 aliphatic rings. The van der Waals surface area contributed by atoms with Gasteiger partial charge in [-0.15, -0.1) is 0 Å². The molecule has 1 unspecified atom stereocenters. The smallest absolute Gasteiger partial charge is 0.273 e. The molecule has 0 saturated carbocycles. The minimum absolute atomic E-state index is 0.415. The number of hydrogen-bond acceptors (Lipinski definition) is 6. The maximum Gasteiger partial charge on any atom is 0.273 e. The molecule has 2 aromatic carbocycles. The van der Waals surface area contributed by atoms with Crippen molar-refractivity contribution in [1.82, 2.24) is 5.43 Å². The highest BCUT2D eigenvalue weighted by atomic mass is 79.9. The van der Waals surface area contributed by atoms with E-state index in [0.29, 0.717) is 28.4 Å². The molecule has 0 spiro atoms. The van der Waals surface area contributed by atoms with Gasteiger partial charge in [-0.05, 0) is 29.8 Å². The van der Waals surface area contributed by atoms with E-state index in [4.69, 9.17) is 14.2 Å². The Morgan fingerprint density at radius 1 is 1.08 bits per heavy atom. The normalized spacial score (nSPS) is 11.9. The van der Waals surface area contributed by atoms with E-state index in [1.165, 1.54) is 27.5 Å². The van der Waals surface area contributed by atoms with Gasteiger partial charge in [0.15, 0.2) is 17.6 Å². The Bertz CT molecular complexity index is 793. The van der Waals surface area contributed by atoms with E-state index in [9.17, 15) is 9.90 Å². The zero-order valence-corrected chi connectivity index (χ0v) is 16.1. The molecule has 2 N–H and O–H groups in total. The minimum Gasteiger partial charge on any atom is -0.493 e. The van der Waals surface area contributed by atoms with Crippen LogP contribution in [0.25, 0.3) is 0 Å². The summed E-state index contributed by atoms with van der Waals surface area (Å²) in [6.45, 7) is 0. The fourth-order valence-corrected chi connectivity index (χ4v) is 2.51. The van der Waals surface area contributed by atoms with Gasteiger partial charge in [0.25, 0.3) is 5.91 Å². The molecule has 2 rings (SSSR count). The first-order valence-corrected chi connectivity index (χ1v) is 8.36. The number of methoxy groups -OCH3 is 3. The Kier molecular flexibility index (Phi) is 6.99. The van der Waals surface area contributed by atoms with Crippen LogP contribution < -0.4 is 19.6 Å². The number of nitrogens with one attached hydrogen (secondary N) is 1. The number of aliphatic hydroxyl groups excluding tert-OH is 1. The van der Waals surface area contributed by atoms with Gasteiger partial charge < -0.3 is 19.3 Å². The second-order valence-electron chi connectivity index (χ2n) is 5.11. The van der Waals surface area contributed by atoms with Crippen molar-refractivity contribution in [3.05, 3.63) is 52.0 Å². The number of halogens is 1. The fourth-order valence-electron chi connectivity index (χ4n) is 2.25. The Balaban J connectivity index is 2.12. The van der Waals surface area contributed by atoms with E-state index in [1.807, 2.05) is 0 Å². The Hall–Kier alpha value is -2.58. The first-order valence-electron chi connectivity index (χ1n) is 7.57. The molecule has 138 valence electrons. The number of nitrogens with zero attached hydrogens (tertiary/aromatic N) is 1. The molecule has 2 aromatic rings. The monoisotopic (exact) mass is 422 g/mol. The molecule has 8 heteroatoms. The lowest BCUT2D eigenvalue weighted by Gasteiger charge is -2.13. The summed E-state index contributed by atoms with van der Waals surface area (Å²) < 4.78 is 16.7. The van der Waals surface area contributed by atoms with E-state index < -0.39 is 12.0 Å². The van der Waals surface area contributed by atoms with Crippen LogP contribution >= 0.6 is 15.9 Å². The average Bonchev–Trinajstić information content (AvgIpc) is 2.67. The van der Waals surface area contributed by atoms with Gasteiger partial charge in [0, 0.05) is 10.0 Å². The SMILES string of the molecule is COc1ccc(/C=N/NC(=O)C(O)c2ccc(Br)cc2)c(OC)c1OC. The van der Waals surface area contributed by atoms with Crippen LogP contribution in [0.3, 0.4) is 0 Å². The number of benzene rings is 2. The number of amides is 1. The maximum absolute atomic E-state index is 12.0. The van der Waals surface area contributed by atoms with E-state index in [0.717, 1.165) is 4.47 Å². The molecular formula is C18H19BrN2O5. The van der Waals surface area contributed by atoms with Crippen LogP contribution in [0, 0.1) is 0 Å². The van der Waals surface area contributed by atoms with Crippen molar-refractivity contribution in [2.24, 2.45) is 5.10 Å². The molecule has 1 amide bonds. The fraction of sp³-hybridized carbons (Fsp3) is 0.222. The van der Waals surface area contributed by atoms with E-state index in [2.05, 4.69) is 26.5 Å². The van der Waals surface area contributed by atoms with E-state index >= 15 is 0 Å². The van der Waals surface area contributed by atoms with Crippen molar-refractivity contribution in [3.8, 4) is 17.2 Å². The lowest BCUT2D eigenvalue weighted by atomic mass is 10.1. The zero-order chi connectivity index (χ0) is 19.1. The molecular weight excluding hydrogens is 404 g/mol. The molecule has 0 radical (unpaired) electrons. The van der Waals surface area contributed by atoms with Gasteiger partial charge in [0.1, 0.15) is 0 Å². The van der Waals surface area contributed by atoms with Crippen molar-refractivity contribution >= 4 is 28.1 Å². The van der Waals surface area contributed by atoms with Crippen LogP contribution in [0.2, 0.25) is 0 Å². The van der Waals surface area contributed by atoms with Crippen LogP contribution in [0.1, 0.15) is 17.2 Å². The molecule has 0 fully saturated rings. The first-order chi connectivity index (χ1) is 12.5. The Morgan fingerprint density at radius 3 is 2.31 bits per heavy atom. The van der Waals surface area contributed by atoms with Crippen LogP contribution in [0.15, 0.2) is 46.0 Å². The molecule has 7 nitrogen and oxygen atoms in total. The van der Waals surface area contributed by atoms with Gasteiger partial charge in [0.05, 0.1) is 27.5 Å². The second-order valence-corrected chi connectivity index (χ2v) is 6.03. The molecule has 0 heterocycles. The van der Waals surface area contributed by atoms with Crippen LogP contribution in [-0.4, -0.2) is 38.6 Å². The molecule has 0 aliphatic carbocycles. The average molecular weight is 423 g/mol. The number of aliphatic hydroxyl groups is 1. The van der Waals surface area contributed by atoms with E-state index in [1.54, 1.807) is 36.4 Å². The number of hydrazone groups is 1. The highest BCUT2D eigenvalue weighted by Crippen LogP contribution is 2.38. The van der Waals surface area contributed by atoms with Crippen molar-refractivity contribution in [2.75, 3.05) is 21.3 Å². The third-order valence-electron chi connectivity index (χ3n) is 3.55. The molecule has 0 aliphatic heterocycles. The van der Waals surface area contributed by atoms with Gasteiger partial charge >= 0.3 is 0 Å². The van der Waals surface area contributed by atoms with Crippen molar-refractivity contribution < 1.29 is 24.1 Å². The van der Waals surface area contributed by atoms with Gasteiger partial charge in [0.2, 0.25) is 5.75 Å². The number of hydrogen-bond donors (Lipinski definition) is 2. The van der Waals surface area contributed by atoms with Crippen LogP contribution in [0.4, 0.5) is 0 Å². The molecule has 26 heavy (non-hydrogen) atoms. The number of carbonyl (C=O) groups excluding carboxylic acids is 1. The highest BCUT2D eigenvalue weighted by molar-refractivity contribution is 9.10. The first kappa shape index (κ1) is 19.7. The molecule has 0 aromatic heterocycles. The lowest BCUT2D eigenvalue weighted by Crippen LogP contribution is -2.25. The summed E-state index contributed by atoms with van der Waals surface area (Å²) in [5.74, 6) is 0.692. The largest absolute Gasteiger partial charge is 0.493 e. The molecule has 1 atom stereocenters. The molecule has 0 saturated heterocycles. The van der Waals surface area contributed by atoms with Gasteiger partial charge in [-0.3, -0.25) is 4.79 Å². The van der Waals surface area contributed by atoms with Crippen molar-refractivity contribution in [3.63, 3.8) is 0 Å². The predicted octanol–water partition coefficient (Wildman–Crippen LogP) is 2.66. The Labute approximate surface area is 159 Å². The van der Waals surface area contributed by atoms with Crippen LogP contribution in [-0.2, 0) is 4.79 Å². The summed E-state index contributed by atoms with van der Waals surface area (Å²) in [4.78, 5) is 12.0. The summed E-state index contributed by atoms with van der Waals surface area (Å²) in [6.07, 6.45) is 0.0695. The third-order valence-corrected chi connectivity index (χ3v) is 4.08. The Morgan fingerprint density at radius 2 is 1.73 bits per heavy atom. The van der Waals surface area contributed by atoms with Gasteiger partial charge in [-0.2, -0.15) is 5.10 Å². The number of carbonyl (C=O) groups is 1. The topological polar surface area (TPSA) is 89.4 Å². The van der Waals surface area contributed by atoms with Crippen LogP contribution in [0.5, 0.6) is 17.2 Å². The predicted molar refractivity (Wildman–Crippen MR) is 101 cm³/mol. The van der Waals surface area contributed by atoms with Crippen molar-refractivity contribution in [1.29, 1.82) is 0 Å². The highest BCUT2D eigenvalue weighted by Gasteiger charge is 2.17. The summed E-state index contributed by atoms with van der Waals surface area (Å²) in [7, 11) is 4.51. The maximum atomic E-state index is 12.0. The third kappa shape index (κ3) is 4.53. The summed E-state index contributed by atoms with van der Waals surface area (Å²) in [5.41, 5.74) is 3.34. The number of rotatable bonds is 7. The molecule has 0 bridgehead atoms. The lowest BCUT2D eigenvalue weighted by molar-refractivity contribution is -0.129.